The van der Waals surface area contributed by atoms with Crippen molar-refractivity contribution in [3.05, 3.63) is 77.9 Å². The van der Waals surface area contributed by atoms with Crippen LogP contribution in [0.4, 0.5) is 5.69 Å². The van der Waals surface area contributed by atoms with Gasteiger partial charge < -0.3 is 19.7 Å². The number of carbonyl (C=O) groups excluding carboxylic acids is 2. The van der Waals surface area contributed by atoms with Gasteiger partial charge in [-0.3, -0.25) is 9.59 Å². The molecular formula is C27H29N5O4. The van der Waals surface area contributed by atoms with E-state index in [-0.39, 0.29) is 24.9 Å². The van der Waals surface area contributed by atoms with Crippen molar-refractivity contribution in [1.82, 2.24) is 19.9 Å². The summed E-state index contributed by atoms with van der Waals surface area (Å²) in [6.45, 7) is 3.92. The quantitative estimate of drug-likeness (QED) is 0.386. The van der Waals surface area contributed by atoms with Crippen LogP contribution < -0.4 is 14.8 Å². The minimum absolute atomic E-state index is 0.0458. The molecule has 186 valence electrons. The number of amides is 2. The minimum Gasteiger partial charge on any atom is -0.497 e. The van der Waals surface area contributed by atoms with Crippen molar-refractivity contribution >= 4 is 28.5 Å². The molecular weight excluding hydrogens is 458 g/mol. The van der Waals surface area contributed by atoms with Gasteiger partial charge in [0.15, 0.2) is 0 Å². The monoisotopic (exact) mass is 487 g/mol. The van der Waals surface area contributed by atoms with Crippen LogP contribution in [0.2, 0.25) is 0 Å². The van der Waals surface area contributed by atoms with E-state index >= 15 is 0 Å². The molecule has 1 unspecified atom stereocenters. The van der Waals surface area contributed by atoms with E-state index in [1.165, 1.54) is 7.11 Å². The number of carbonyl (C=O) groups is 2. The lowest BCUT2D eigenvalue weighted by Crippen LogP contribution is -2.46. The summed E-state index contributed by atoms with van der Waals surface area (Å²) >= 11 is 0. The number of anilines is 1. The number of ether oxygens (including phenoxy) is 2. The predicted molar refractivity (Wildman–Crippen MR) is 137 cm³/mol. The molecule has 9 nitrogen and oxygen atoms in total. The second-order valence-corrected chi connectivity index (χ2v) is 8.47. The number of nitrogens with one attached hydrogen (secondary N) is 1. The molecule has 4 rings (SSSR count). The highest BCUT2D eigenvalue weighted by molar-refractivity contribution is 5.98. The molecule has 1 aromatic heterocycles. The average Bonchev–Trinajstić information content (AvgIpc) is 3.30. The van der Waals surface area contributed by atoms with Crippen LogP contribution in [0.1, 0.15) is 18.1 Å². The number of fused-ring (bicyclic) bond motifs is 1. The van der Waals surface area contributed by atoms with E-state index in [0.29, 0.717) is 22.7 Å². The number of rotatable bonds is 9. The zero-order valence-corrected chi connectivity index (χ0v) is 20.8. The Morgan fingerprint density at radius 3 is 2.50 bits per heavy atom. The molecule has 0 aliphatic carbocycles. The van der Waals surface area contributed by atoms with Crippen molar-refractivity contribution in [2.24, 2.45) is 0 Å². The van der Waals surface area contributed by atoms with Gasteiger partial charge in [-0.1, -0.05) is 47.2 Å². The zero-order valence-electron chi connectivity index (χ0n) is 20.8. The van der Waals surface area contributed by atoms with Gasteiger partial charge in [-0.15, -0.1) is 5.10 Å². The SMILES string of the molecule is COc1ccc(NC(=O)C(C)N(Cc2ccc(C)cc2)C(=O)Cn2nnc3ccccc32)c(OC)c1. The molecule has 0 saturated heterocycles. The first-order valence-corrected chi connectivity index (χ1v) is 11.6. The van der Waals surface area contributed by atoms with Crippen molar-refractivity contribution < 1.29 is 19.1 Å². The number of aryl methyl sites for hydroxylation is 1. The van der Waals surface area contributed by atoms with Crippen LogP contribution in [0.15, 0.2) is 66.7 Å². The number of hydrogen-bond acceptors (Lipinski definition) is 6. The van der Waals surface area contributed by atoms with E-state index in [0.717, 1.165) is 16.6 Å². The summed E-state index contributed by atoms with van der Waals surface area (Å²) < 4.78 is 12.2. The van der Waals surface area contributed by atoms with Gasteiger partial charge in [0.05, 0.1) is 25.4 Å². The third kappa shape index (κ3) is 5.46. The second-order valence-electron chi connectivity index (χ2n) is 8.47. The van der Waals surface area contributed by atoms with Crippen LogP contribution in [-0.4, -0.2) is 52.0 Å². The number of benzene rings is 3. The van der Waals surface area contributed by atoms with Gasteiger partial charge in [-0.05, 0) is 43.7 Å². The fourth-order valence-corrected chi connectivity index (χ4v) is 3.86. The smallest absolute Gasteiger partial charge is 0.247 e. The van der Waals surface area contributed by atoms with Crippen molar-refractivity contribution in [2.75, 3.05) is 19.5 Å². The van der Waals surface area contributed by atoms with Crippen molar-refractivity contribution in [1.29, 1.82) is 0 Å². The van der Waals surface area contributed by atoms with Crippen molar-refractivity contribution in [3.63, 3.8) is 0 Å². The Kier molecular flexibility index (Phi) is 7.48. The third-order valence-corrected chi connectivity index (χ3v) is 6.01. The van der Waals surface area contributed by atoms with Crippen LogP contribution in [0.5, 0.6) is 11.5 Å². The standard InChI is InChI=1S/C27H29N5O4/c1-18-9-11-20(12-10-18)16-31(26(33)17-32-24-8-6-5-7-22(24)29-30-32)19(2)27(34)28-23-14-13-21(35-3)15-25(23)36-4/h5-15,19H,16-17H2,1-4H3,(H,28,34). The lowest BCUT2D eigenvalue weighted by atomic mass is 10.1. The summed E-state index contributed by atoms with van der Waals surface area (Å²) in [5.74, 6) is 0.465. The average molecular weight is 488 g/mol. The molecule has 0 saturated carbocycles. The third-order valence-electron chi connectivity index (χ3n) is 6.01. The Morgan fingerprint density at radius 1 is 1.03 bits per heavy atom. The van der Waals surface area contributed by atoms with Crippen LogP contribution in [0.3, 0.4) is 0 Å². The molecule has 1 N–H and O–H groups in total. The highest BCUT2D eigenvalue weighted by Crippen LogP contribution is 2.29. The summed E-state index contributed by atoms with van der Waals surface area (Å²) in [5.41, 5.74) is 3.97. The van der Waals surface area contributed by atoms with Gasteiger partial charge in [0, 0.05) is 12.6 Å². The number of hydrogen-bond donors (Lipinski definition) is 1. The van der Waals surface area contributed by atoms with Gasteiger partial charge >= 0.3 is 0 Å². The van der Waals surface area contributed by atoms with Crippen molar-refractivity contribution in [2.45, 2.75) is 33.0 Å². The molecule has 9 heteroatoms. The molecule has 36 heavy (non-hydrogen) atoms. The number of nitrogens with zero attached hydrogens (tertiary/aromatic N) is 4. The largest absolute Gasteiger partial charge is 0.497 e. The molecule has 2 amide bonds. The van der Waals surface area contributed by atoms with Crippen LogP contribution >= 0.6 is 0 Å². The lowest BCUT2D eigenvalue weighted by molar-refractivity contribution is -0.139. The first kappa shape index (κ1) is 24.7. The van der Waals surface area contributed by atoms with Crippen LogP contribution in [0, 0.1) is 6.92 Å². The van der Waals surface area contributed by atoms with E-state index in [9.17, 15) is 9.59 Å². The Balaban J connectivity index is 1.59. The first-order chi connectivity index (χ1) is 17.4. The summed E-state index contributed by atoms with van der Waals surface area (Å²) in [7, 11) is 3.07. The maximum absolute atomic E-state index is 13.5. The second kappa shape index (κ2) is 10.9. The maximum Gasteiger partial charge on any atom is 0.247 e. The van der Waals surface area contributed by atoms with E-state index < -0.39 is 6.04 Å². The number of aromatic nitrogens is 3. The van der Waals surface area contributed by atoms with Gasteiger partial charge in [0.1, 0.15) is 29.6 Å². The highest BCUT2D eigenvalue weighted by atomic mass is 16.5. The normalized spacial score (nSPS) is 11.7. The fraction of sp³-hybridized carbons (Fsp3) is 0.259. The maximum atomic E-state index is 13.5. The Bertz CT molecular complexity index is 1370. The number of para-hydroxylation sites is 1. The topological polar surface area (TPSA) is 98.6 Å². The van der Waals surface area contributed by atoms with E-state index in [4.69, 9.17) is 9.47 Å². The summed E-state index contributed by atoms with van der Waals surface area (Å²) in [6, 6.07) is 19.7. The molecule has 4 aromatic rings. The Hall–Kier alpha value is -4.40. The van der Waals surface area contributed by atoms with E-state index in [1.807, 2.05) is 55.5 Å². The molecule has 0 spiro atoms. The minimum atomic E-state index is -0.777. The highest BCUT2D eigenvalue weighted by Gasteiger charge is 2.27. The van der Waals surface area contributed by atoms with Crippen LogP contribution in [-0.2, 0) is 22.7 Å². The van der Waals surface area contributed by atoms with E-state index in [2.05, 4.69) is 15.6 Å². The van der Waals surface area contributed by atoms with E-state index in [1.54, 1.807) is 41.8 Å². The molecule has 0 aliphatic rings. The number of methoxy groups -OCH3 is 2. The lowest BCUT2D eigenvalue weighted by Gasteiger charge is -2.29. The van der Waals surface area contributed by atoms with Gasteiger partial charge in [0.25, 0.3) is 0 Å². The first-order valence-electron chi connectivity index (χ1n) is 11.6. The van der Waals surface area contributed by atoms with Crippen molar-refractivity contribution in [3.8, 4) is 11.5 Å². The predicted octanol–water partition coefficient (Wildman–Crippen LogP) is 3.81. The molecule has 0 fully saturated rings. The Morgan fingerprint density at radius 2 is 1.78 bits per heavy atom. The van der Waals surface area contributed by atoms with Crippen LogP contribution in [0.25, 0.3) is 11.0 Å². The van der Waals surface area contributed by atoms with Gasteiger partial charge in [-0.2, -0.15) is 0 Å². The van der Waals surface area contributed by atoms with Gasteiger partial charge in [-0.25, -0.2) is 4.68 Å². The Labute approximate surface area is 209 Å². The zero-order chi connectivity index (χ0) is 25.7. The molecule has 0 radical (unpaired) electrons. The summed E-state index contributed by atoms with van der Waals surface area (Å²) in [5, 5.41) is 11.2. The molecule has 0 aliphatic heterocycles. The summed E-state index contributed by atoms with van der Waals surface area (Å²) in [6.07, 6.45) is 0. The molecule has 1 atom stereocenters. The summed E-state index contributed by atoms with van der Waals surface area (Å²) in [4.78, 5) is 28.4. The fourth-order valence-electron chi connectivity index (χ4n) is 3.86. The molecule has 1 heterocycles. The molecule has 0 bridgehead atoms. The molecule has 3 aromatic carbocycles. The van der Waals surface area contributed by atoms with Gasteiger partial charge in [0.2, 0.25) is 11.8 Å².